The van der Waals surface area contributed by atoms with Crippen LogP contribution in [0.2, 0.25) is 0 Å². The van der Waals surface area contributed by atoms with Crippen LogP contribution in [0.1, 0.15) is 10.4 Å². The number of nitrogens with zero attached hydrogens (tertiary/aromatic N) is 3. The van der Waals surface area contributed by atoms with E-state index < -0.39 is 0 Å². The van der Waals surface area contributed by atoms with Crippen molar-refractivity contribution in [1.29, 1.82) is 0 Å². The average molecular weight is 283 g/mol. The average Bonchev–Trinajstić information content (AvgIpc) is 3.00. The minimum Gasteiger partial charge on any atom is -0.480 e. The highest BCUT2D eigenvalue weighted by Gasteiger charge is 2.18. The number of benzene rings is 1. The third-order valence-corrected chi connectivity index (χ3v) is 3.19. The minimum absolute atomic E-state index is 0.181. The van der Waals surface area contributed by atoms with Gasteiger partial charge in [0.25, 0.3) is 5.91 Å². The Kier molecular flexibility index (Phi) is 3.27. The largest absolute Gasteiger partial charge is 0.480 e. The molecule has 0 bridgehead atoms. The molecule has 0 saturated carbocycles. The van der Waals surface area contributed by atoms with Crippen molar-refractivity contribution in [3.8, 4) is 5.88 Å². The lowest BCUT2D eigenvalue weighted by atomic mass is 10.2. The Morgan fingerprint density at radius 1 is 1.29 bits per heavy atom. The van der Waals surface area contributed by atoms with E-state index in [1.165, 1.54) is 18.4 Å². The zero-order valence-corrected chi connectivity index (χ0v) is 11.6. The number of hydrogen-bond acceptors (Lipinski definition) is 5. The summed E-state index contributed by atoms with van der Waals surface area (Å²) in [6.45, 7) is 0. The smallest absolute Gasteiger partial charge is 0.258 e. The molecule has 0 aliphatic rings. The Bertz CT molecular complexity index is 797. The molecule has 3 rings (SSSR count). The van der Waals surface area contributed by atoms with Crippen LogP contribution in [0.15, 0.2) is 47.3 Å². The van der Waals surface area contributed by atoms with Gasteiger partial charge in [0.1, 0.15) is 11.2 Å². The number of carbonyl (C=O) groups excluding carboxylic acids is 1. The second kappa shape index (κ2) is 5.24. The molecule has 0 aliphatic carbocycles. The molecular weight excluding hydrogens is 270 g/mol. The first-order valence-electron chi connectivity index (χ1n) is 6.31. The Morgan fingerprint density at radius 3 is 2.95 bits per heavy atom. The number of rotatable bonds is 3. The molecule has 0 atom stereocenters. The van der Waals surface area contributed by atoms with Crippen molar-refractivity contribution in [2.24, 2.45) is 0 Å². The highest BCUT2D eigenvalue weighted by molar-refractivity contribution is 6.07. The Hall–Kier alpha value is -2.89. The van der Waals surface area contributed by atoms with Gasteiger partial charge in [-0.2, -0.15) is 0 Å². The molecule has 0 radical (unpaired) electrons. The van der Waals surface area contributed by atoms with Crippen molar-refractivity contribution >= 4 is 22.7 Å². The molecule has 0 fully saturated rings. The Balaban J connectivity index is 1.96. The number of hydrogen-bond donors (Lipinski definition) is 0. The summed E-state index contributed by atoms with van der Waals surface area (Å²) in [6, 6.07) is 8.66. The van der Waals surface area contributed by atoms with E-state index in [4.69, 9.17) is 9.15 Å². The van der Waals surface area contributed by atoms with E-state index in [0.717, 1.165) is 0 Å². The van der Waals surface area contributed by atoms with Crippen LogP contribution in [-0.4, -0.2) is 30.0 Å². The van der Waals surface area contributed by atoms with Gasteiger partial charge in [0, 0.05) is 18.8 Å². The molecule has 21 heavy (non-hydrogen) atoms. The second-order valence-electron chi connectivity index (χ2n) is 4.43. The van der Waals surface area contributed by atoms with E-state index in [2.05, 4.69) is 9.97 Å². The highest BCUT2D eigenvalue weighted by atomic mass is 16.5. The van der Waals surface area contributed by atoms with Crippen LogP contribution in [-0.2, 0) is 0 Å². The zero-order valence-electron chi connectivity index (χ0n) is 11.6. The topological polar surface area (TPSA) is 68.5 Å². The molecule has 1 amide bonds. The van der Waals surface area contributed by atoms with E-state index in [-0.39, 0.29) is 5.91 Å². The van der Waals surface area contributed by atoms with E-state index in [1.54, 1.807) is 43.6 Å². The second-order valence-corrected chi connectivity index (χ2v) is 4.43. The van der Waals surface area contributed by atoms with Crippen LogP contribution in [0.25, 0.3) is 11.1 Å². The maximum atomic E-state index is 12.6. The zero-order chi connectivity index (χ0) is 14.8. The third-order valence-electron chi connectivity index (χ3n) is 3.19. The van der Waals surface area contributed by atoms with Gasteiger partial charge in [-0.15, -0.1) is 0 Å². The van der Waals surface area contributed by atoms with Gasteiger partial charge in [-0.05, 0) is 30.3 Å². The normalized spacial score (nSPS) is 10.6. The Labute approximate surface area is 121 Å². The van der Waals surface area contributed by atoms with Gasteiger partial charge in [-0.25, -0.2) is 9.97 Å². The van der Waals surface area contributed by atoms with E-state index in [1.807, 2.05) is 0 Å². The molecule has 0 spiro atoms. The number of anilines is 1. The number of amides is 1. The van der Waals surface area contributed by atoms with Crippen LogP contribution in [0.3, 0.4) is 0 Å². The van der Waals surface area contributed by atoms with Crippen molar-refractivity contribution < 1.29 is 13.9 Å². The van der Waals surface area contributed by atoms with E-state index in [0.29, 0.717) is 28.2 Å². The maximum absolute atomic E-state index is 12.6. The molecular formula is C15H13N3O3. The van der Waals surface area contributed by atoms with Gasteiger partial charge in [-0.3, -0.25) is 4.79 Å². The monoisotopic (exact) mass is 283 g/mol. The fourth-order valence-electron chi connectivity index (χ4n) is 2.09. The first-order chi connectivity index (χ1) is 10.2. The molecule has 3 aromatic rings. The molecule has 0 aliphatic heterocycles. The van der Waals surface area contributed by atoms with Gasteiger partial charge in [0.05, 0.1) is 7.11 Å². The van der Waals surface area contributed by atoms with Crippen molar-refractivity contribution in [3.05, 3.63) is 48.5 Å². The van der Waals surface area contributed by atoms with Gasteiger partial charge in [0.2, 0.25) is 5.88 Å². The fraction of sp³-hybridized carbons (Fsp3) is 0.133. The quantitative estimate of drug-likeness (QED) is 0.738. The maximum Gasteiger partial charge on any atom is 0.258 e. The molecule has 106 valence electrons. The lowest BCUT2D eigenvalue weighted by Gasteiger charge is -2.18. The van der Waals surface area contributed by atoms with Crippen molar-refractivity contribution in [2.45, 2.75) is 0 Å². The van der Waals surface area contributed by atoms with Gasteiger partial charge in [-0.1, -0.05) is 0 Å². The number of pyridine rings is 1. The molecule has 0 saturated heterocycles. The van der Waals surface area contributed by atoms with E-state index >= 15 is 0 Å². The molecule has 0 N–H and O–H groups in total. The van der Waals surface area contributed by atoms with Crippen LogP contribution in [0.5, 0.6) is 5.88 Å². The lowest BCUT2D eigenvalue weighted by molar-refractivity contribution is 0.0992. The SMILES string of the molecule is COc1ncccc1N(C)C(=O)c1ccc2ncoc2c1. The number of ether oxygens (including phenoxy) is 1. The van der Waals surface area contributed by atoms with Gasteiger partial charge >= 0.3 is 0 Å². The van der Waals surface area contributed by atoms with Crippen LogP contribution in [0.4, 0.5) is 5.69 Å². The summed E-state index contributed by atoms with van der Waals surface area (Å²) in [4.78, 5) is 22.2. The number of carbonyl (C=O) groups is 1. The molecule has 6 heteroatoms. The molecule has 2 heterocycles. The molecule has 2 aromatic heterocycles. The number of fused-ring (bicyclic) bond motifs is 1. The predicted octanol–water partition coefficient (Wildman–Crippen LogP) is 2.51. The summed E-state index contributed by atoms with van der Waals surface area (Å²) >= 11 is 0. The summed E-state index contributed by atoms with van der Waals surface area (Å²) in [7, 11) is 3.19. The summed E-state index contributed by atoms with van der Waals surface area (Å²) in [5, 5.41) is 0. The highest BCUT2D eigenvalue weighted by Crippen LogP contribution is 2.25. The standard InChI is InChI=1S/C15H13N3O3/c1-18(12-4-3-7-16-14(12)20-2)15(19)10-5-6-11-13(8-10)21-9-17-11/h3-9H,1-2H3. The Morgan fingerprint density at radius 2 is 2.14 bits per heavy atom. The fourth-order valence-corrected chi connectivity index (χ4v) is 2.09. The number of oxazole rings is 1. The van der Waals surface area contributed by atoms with Crippen LogP contribution < -0.4 is 9.64 Å². The van der Waals surface area contributed by atoms with Crippen LogP contribution in [0, 0.1) is 0 Å². The van der Waals surface area contributed by atoms with E-state index in [9.17, 15) is 4.79 Å². The predicted molar refractivity (Wildman–Crippen MR) is 77.5 cm³/mol. The van der Waals surface area contributed by atoms with Crippen molar-refractivity contribution in [2.75, 3.05) is 19.1 Å². The van der Waals surface area contributed by atoms with Crippen LogP contribution >= 0.6 is 0 Å². The molecule has 0 unspecified atom stereocenters. The summed E-state index contributed by atoms with van der Waals surface area (Å²) < 4.78 is 10.4. The number of methoxy groups -OCH3 is 1. The minimum atomic E-state index is -0.181. The van der Waals surface area contributed by atoms with Crippen molar-refractivity contribution in [1.82, 2.24) is 9.97 Å². The first kappa shape index (κ1) is 13.1. The first-order valence-corrected chi connectivity index (χ1v) is 6.31. The molecule has 1 aromatic carbocycles. The third kappa shape index (κ3) is 2.31. The van der Waals surface area contributed by atoms with Gasteiger partial charge < -0.3 is 14.1 Å². The molecule has 6 nitrogen and oxygen atoms in total. The summed E-state index contributed by atoms with van der Waals surface area (Å²) in [6.07, 6.45) is 2.97. The van der Waals surface area contributed by atoms with Crippen molar-refractivity contribution in [3.63, 3.8) is 0 Å². The van der Waals surface area contributed by atoms with Gasteiger partial charge in [0.15, 0.2) is 12.0 Å². The lowest BCUT2D eigenvalue weighted by Crippen LogP contribution is -2.26. The summed E-state index contributed by atoms with van der Waals surface area (Å²) in [5.74, 6) is 0.216. The number of aromatic nitrogens is 2. The summed E-state index contributed by atoms with van der Waals surface area (Å²) in [5.41, 5.74) is 2.40.